The fourth-order valence-electron chi connectivity index (χ4n) is 3.46. The van der Waals surface area contributed by atoms with Gasteiger partial charge in [-0.3, -0.25) is 4.79 Å². The molecule has 0 aliphatic heterocycles. The minimum Gasteiger partial charge on any atom is -0.481 e. The van der Waals surface area contributed by atoms with Crippen molar-refractivity contribution in [2.75, 3.05) is 18.6 Å². The highest BCUT2D eigenvalue weighted by molar-refractivity contribution is 8.00. The number of aryl methyl sites for hydroxylation is 1. The Hall–Kier alpha value is -1.99. The molecule has 0 saturated heterocycles. The number of ether oxygens (including phenoxy) is 1. The van der Waals surface area contributed by atoms with Crippen LogP contribution >= 0.6 is 11.8 Å². The van der Waals surface area contributed by atoms with Gasteiger partial charge in [0.05, 0.1) is 24.0 Å². The van der Waals surface area contributed by atoms with Gasteiger partial charge >= 0.3 is 5.97 Å². The summed E-state index contributed by atoms with van der Waals surface area (Å²) in [4.78, 5) is 15.2. The number of furan rings is 1. The molecule has 0 bridgehead atoms. The second-order valence-electron chi connectivity index (χ2n) is 7.06. The second kappa shape index (κ2) is 9.98. The minimum atomic E-state index is -0.798. The van der Waals surface area contributed by atoms with E-state index in [1.165, 1.54) is 11.8 Å². The first-order valence-corrected chi connectivity index (χ1v) is 10.7. The molecule has 1 fully saturated rings. The van der Waals surface area contributed by atoms with Crippen LogP contribution in [0.1, 0.15) is 60.5 Å². The number of aromatic nitrogens is 1. The lowest BCUT2D eigenvalue weighted by Gasteiger charge is -2.25. The summed E-state index contributed by atoms with van der Waals surface area (Å²) >= 11 is 1.35. The number of hydrogen-bond acceptors (Lipinski definition) is 6. The van der Waals surface area contributed by atoms with Crippen LogP contribution in [0.15, 0.2) is 27.0 Å². The largest absolute Gasteiger partial charge is 0.481 e. The Balaban J connectivity index is 1.54. The van der Waals surface area contributed by atoms with E-state index in [2.05, 4.69) is 0 Å². The predicted octanol–water partition coefficient (Wildman–Crippen LogP) is 4.67. The number of nitrogens with zero attached hydrogens (tertiary/aromatic N) is 1. The summed E-state index contributed by atoms with van der Waals surface area (Å²) in [5.74, 6) is 3.60. The first-order chi connectivity index (χ1) is 13.5. The van der Waals surface area contributed by atoms with Gasteiger partial charge in [-0.05, 0) is 50.8 Å². The molecule has 1 aliphatic rings. The molecule has 1 aliphatic carbocycles. The molecular formula is C21H27NO5S. The summed E-state index contributed by atoms with van der Waals surface area (Å²) in [5.41, 5.74) is 0.922. The zero-order valence-electron chi connectivity index (χ0n) is 16.3. The van der Waals surface area contributed by atoms with Crippen molar-refractivity contribution in [2.24, 2.45) is 0 Å². The van der Waals surface area contributed by atoms with Crippen molar-refractivity contribution in [3.8, 4) is 0 Å². The highest BCUT2D eigenvalue weighted by atomic mass is 32.2. The van der Waals surface area contributed by atoms with Crippen molar-refractivity contribution in [3.63, 3.8) is 0 Å². The van der Waals surface area contributed by atoms with Gasteiger partial charge in [0, 0.05) is 18.8 Å². The molecule has 2 aromatic heterocycles. The fourth-order valence-corrected chi connectivity index (χ4v) is 3.98. The number of aliphatic carboxylic acids is 1. The normalized spacial score (nSPS) is 20.1. The van der Waals surface area contributed by atoms with Gasteiger partial charge in [-0.2, -0.15) is 0 Å². The third kappa shape index (κ3) is 5.75. The zero-order chi connectivity index (χ0) is 19.9. The molecule has 2 heterocycles. The molecule has 0 amide bonds. The Kier molecular flexibility index (Phi) is 7.39. The summed E-state index contributed by atoms with van der Waals surface area (Å²) < 4.78 is 17.2. The maximum Gasteiger partial charge on any atom is 0.313 e. The van der Waals surface area contributed by atoms with E-state index in [4.69, 9.17) is 23.7 Å². The smallest absolute Gasteiger partial charge is 0.313 e. The number of thioether (sulfide) groups is 1. The van der Waals surface area contributed by atoms with Gasteiger partial charge in [0.15, 0.2) is 5.89 Å². The topological polar surface area (TPSA) is 85.7 Å². The molecule has 2 aromatic rings. The number of hydrogen-bond donors (Lipinski definition) is 1. The molecule has 1 N–H and O–H groups in total. The third-order valence-electron chi connectivity index (χ3n) is 5.01. The summed E-state index contributed by atoms with van der Waals surface area (Å²) in [6.45, 7) is 1.95. The molecule has 0 spiro atoms. The lowest BCUT2D eigenvalue weighted by molar-refractivity contribution is -0.133. The standard InChI is InChI=1S/C21H27NO5S/c1-14-19(22-21(26-14)15-5-7-16(25-2)8-6-15)12-18-10-9-17(27-18)4-3-11-28-13-20(23)24/h3-4,9-10,15-16H,5-8,11-13H2,1-2H3,(H,23,24)/b4-3+. The molecule has 28 heavy (non-hydrogen) atoms. The van der Waals surface area contributed by atoms with E-state index in [1.807, 2.05) is 31.2 Å². The van der Waals surface area contributed by atoms with Gasteiger partial charge in [-0.15, -0.1) is 11.8 Å². The van der Waals surface area contributed by atoms with Crippen LogP contribution in [0.4, 0.5) is 0 Å². The second-order valence-corrected chi connectivity index (χ2v) is 8.09. The number of carboxylic acids is 1. The Labute approximate surface area is 169 Å². The van der Waals surface area contributed by atoms with E-state index in [1.54, 1.807) is 7.11 Å². The summed E-state index contributed by atoms with van der Waals surface area (Å²) in [7, 11) is 1.78. The quantitative estimate of drug-likeness (QED) is 0.607. The lowest BCUT2D eigenvalue weighted by Crippen LogP contribution is -2.19. The van der Waals surface area contributed by atoms with Crippen molar-refractivity contribution in [1.29, 1.82) is 0 Å². The molecule has 0 radical (unpaired) electrons. The first kappa shape index (κ1) is 20.7. The molecule has 0 aromatic carbocycles. The van der Waals surface area contributed by atoms with Crippen LogP contribution in [-0.4, -0.2) is 40.8 Å². The van der Waals surface area contributed by atoms with E-state index in [0.717, 1.165) is 54.5 Å². The Morgan fingerprint density at radius 3 is 2.82 bits per heavy atom. The van der Waals surface area contributed by atoms with Gasteiger partial charge in [-0.25, -0.2) is 4.98 Å². The van der Waals surface area contributed by atoms with E-state index in [9.17, 15) is 4.79 Å². The van der Waals surface area contributed by atoms with Crippen molar-refractivity contribution >= 4 is 23.8 Å². The highest BCUT2D eigenvalue weighted by Gasteiger charge is 2.26. The first-order valence-electron chi connectivity index (χ1n) is 9.59. The van der Waals surface area contributed by atoms with Crippen molar-refractivity contribution in [2.45, 2.75) is 51.0 Å². The van der Waals surface area contributed by atoms with Crippen LogP contribution < -0.4 is 0 Å². The van der Waals surface area contributed by atoms with Crippen LogP contribution in [0.25, 0.3) is 6.08 Å². The van der Waals surface area contributed by atoms with E-state index < -0.39 is 5.97 Å². The number of carbonyl (C=O) groups is 1. The fraction of sp³-hybridized carbons (Fsp3) is 0.524. The predicted molar refractivity (Wildman–Crippen MR) is 109 cm³/mol. The molecule has 0 unspecified atom stereocenters. The summed E-state index contributed by atoms with van der Waals surface area (Å²) in [6.07, 6.45) is 8.95. The SMILES string of the molecule is COC1CCC(c2nc(Cc3ccc(/C=C/CSCC(=O)O)o3)c(C)o2)CC1. The van der Waals surface area contributed by atoms with Gasteiger partial charge < -0.3 is 18.7 Å². The maximum absolute atomic E-state index is 10.5. The molecule has 152 valence electrons. The van der Waals surface area contributed by atoms with Crippen LogP contribution in [0.2, 0.25) is 0 Å². The Morgan fingerprint density at radius 1 is 1.32 bits per heavy atom. The van der Waals surface area contributed by atoms with Crippen LogP contribution in [0.5, 0.6) is 0 Å². The van der Waals surface area contributed by atoms with Gasteiger partial charge in [0.25, 0.3) is 0 Å². The number of carboxylic acid groups (broad SMARTS) is 1. The maximum atomic E-state index is 10.5. The molecule has 7 heteroatoms. The number of rotatable bonds is 9. The van der Waals surface area contributed by atoms with E-state index in [-0.39, 0.29) is 5.75 Å². The minimum absolute atomic E-state index is 0.106. The molecular weight excluding hydrogens is 378 g/mol. The molecule has 3 rings (SSSR count). The van der Waals surface area contributed by atoms with Crippen LogP contribution in [0.3, 0.4) is 0 Å². The monoisotopic (exact) mass is 405 g/mol. The van der Waals surface area contributed by atoms with Gasteiger partial charge in [-0.1, -0.05) is 6.08 Å². The van der Waals surface area contributed by atoms with E-state index in [0.29, 0.717) is 24.2 Å². The Morgan fingerprint density at radius 2 is 2.11 bits per heavy atom. The lowest BCUT2D eigenvalue weighted by atomic mass is 9.87. The summed E-state index contributed by atoms with van der Waals surface area (Å²) in [5, 5.41) is 8.62. The van der Waals surface area contributed by atoms with E-state index >= 15 is 0 Å². The van der Waals surface area contributed by atoms with Gasteiger partial charge in [0.1, 0.15) is 17.3 Å². The number of oxazole rings is 1. The highest BCUT2D eigenvalue weighted by Crippen LogP contribution is 2.34. The van der Waals surface area contributed by atoms with Crippen LogP contribution in [0, 0.1) is 6.92 Å². The Bertz CT molecular complexity index is 802. The average molecular weight is 406 g/mol. The van der Waals surface area contributed by atoms with Crippen LogP contribution in [-0.2, 0) is 16.0 Å². The van der Waals surface area contributed by atoms with Crippen molar-refractivity contribution in [3.05, 3.63) is 47.1 Å². The molecule has 1 saturated carbocycles. The summed E-state index contributed by atoms with van der Waals surface area (Å²) in [6, 6.07) is 3.86. The van der Waals surface area contributed by atoms with Crippen molar-refractivity contribution in [1.82, 2.24) is 4.98 Å². The average Bonchev–Trinajstić information content (AvgIpc) is 3.28. The molecule has 0 atom stereocenters. The third-order valence-corrected chi connectivity index (χ3v) is 5.89. The molecule has 6 nitrogen and oxygen atoms in total. The number of methoxy groups -OCH3 is 1. The van der Waals surface area contributed by atoms with Gasteiger partial charge in [0.2, 0.25) is 0 Å². The van der Waals surface area contributed by atoms with Crippen molar-refractivity contribution < 1.29 is 23.5 Å². The zero-order valence-corrected chi connectivity index (χ0v) is 17.2.